The van der Waals surface area contributed by atoms with E-state index in [1.807, 2.05) is 0 Å². The van der Waals surface area contributed by atoms with Crippen LogP contribution in [0.15, 0.2) is 0 Å². The number of rotatable bonds is 17. The molecule has 122 valence electrons. The molecule has 0 aliphatic carbocycles. The van der Waals surface area contributed by atoms with Crippen molar-refractivity contribution in [3.8, 4) is 0 Å². The fourth-order valence-corrected chi connectivity index (χ4v) is 3.35. The van der Waals surface area contributed by atoms with Crippen molar-refractivity contribution in [2.24, 2.45) is 0 Å². The first-order valence-corrected chi connectivity index (χ1v) is 11.0. The van der Waals surface area contributed by atoms with Crippen LogP contribution in [-0.4, -0.2) is 5.75 Å². The highest BCUT2D eigenvalue weighted by Gasteiger charge is 1.94. The Labute approximate surface area is 137 Å². The zero-order valence-electron chi connectivity index (χ0n) is 13.8. The van der Waals surface area contributed by atoms with E-state index in [1.54, 1.807) is 0 Å². The van der Waals surface area contributed by atoms with Crippen molar-refractivity contribution in [2.75, 3.05) is 5.75 Å². The van der Waals surface area contributed by atoms with Gasteiger partial charge in [-0.05, 0) is 17.1 Å². The van der Waals surface area contributed by atoms with Gasteiger partial charge in [0, 0.05) is 5.75 Å². The van der Waals surface area contributed by atoms with Crippen LogP contribution in [0.25, 0.3) is 0 Å². The van der Waals surface area contributed by atoms with Crippen molar-refractivity contribution in [3.63, 3.8) is 0 Å². The average molecular weight is 321 g/mol. The van der Waals surface area contributed by atoms with Crippen molar-refractivity contribution in [1.29, 1.82) is 0 Å². The molecule has 0 heterocycles. The normalized spacial score (nSPS) is 11.1. The Hall–Kier alpha value is 0.640. The lowest BCUT2D eigenvalue weighted by Gasteiger charge is -2.03. The molecular formula is C18H37ClS. The monoisotopic (exact) mass is 320 g/mol. The molecule has 0 fully saturated rings. The van der Waals surface area contributed by atoms with Crippen LogP contribution in [0.3, 0.4) is 0 Å². The van der Waals surface area contributed by atoms with Crippen LogP contribution in [0.2, 0.25) is 0 Å². The van der Waals surface area contributed by atoms with E-state index in [-0.39, 0.29) is 0 Å². The lowest BCUT2D eigenvalue weighted by Crippen LogP contribution is -1.84. The van der Waals surface area contributed by atoms with Crippen LogP contribution in [0, 0.1) is 0 Å². The maximum Gasteiger partial charge on any atom is 0.00852 e. The quantitative estimate of drug-likeness (QED) is 0.244. The second-order valence-corrected chi connectivity index (χ2v) is 7.40. The Balaban J connectivity index is 2.89. The maximum atomic E-state index is 5.58. The molecule has 0 bridgehead atoms. The van der Waals surface area contributed by atoms with E-state index in [0.29, 0.717) is 0 Å². The summed E-state index contributed by atoms with van der Waals surface area (Å²) in [5, 5.41) is 0. The summed E-state index contributed by atoms with van der Waals surface area (Å²) < 4.78 is 0. The van der Waals surface area contributed by atoms with Gasteiger partial charge in [-0.2, -0.15) is 0 Å². The Morgan fingerprint density at radius 3 is 1.10 bits per heavy atom. The molecule has 0 radical (unpaired) electrons. The Morgan fingerprint density at radius 2 is 0.800 bits per heavy atom. The van der Waals surface area contributed by atoms with E-state index >= 15 is 0 Å². The van der Waals surface area contributed by atoms with Gasteiger partial charge in [0.25, 0.3) is 0 Å². The summed E-state index contributed by atoms with van der Waals surface area (Å²) in [5.74, 6) is 1.12. The molecule has 0 atom stereocenters. The number of halogens is 1. The van der Waals surface area contributed by atoms with Crippen LogP contribution >= 0.6 is 21.7 Å². The van der Waals surface area contributed by atoms with Crippen LogP contribution in [0.5, 0.6) is 0 Å². The van der Waals surface area contributed by atoms with Crippen molar-refractivity contribution < 1.29 is 0 Å². The molecule has 0 N–H and O–H groups in total. The van der Waals surface area contributed by atoms with E-state index in [2.05, 4.69) is 6.92 Å². The Morgan fingerprint density at radius 1 is 0.500 bits per heavy atom. The minimum atomic E-state index is 1.12. The van der Waals surface area contributed by atoms with E-state index in [1.165, 1.54) is 114 Å². The molecule has 0 aromatic carbocycles. The zero-order valence-corrected chi connectivity index (χ0v) is 15.4. The molecular weight excluding hydrogens is 284 g/mol. The number of hydrogen-bond acceptors (Lipinski definition) is 1. The standard InChI is InChI=1S/C18H37ClS/c1-2-3-4-5-6-7-8-9-10-11-12-13-14-15-16-17-18-20-19/h2-18H2,1H3. The first-order valence-electron chi connectivity index (χ1n) is 9.15. The topological polar surface area (TPSA) is 0 Å². The summed E-state index contributed by atoms with van der Waals surface area (Å²) >= 11 is 0. The number of hydrogen-bond donors (Lipinski definition) is 0. The van der Waals surface area contributed by atoms with Crippen LogP contribution in [0.1, 0.15) is 110 Å². The molecule has 0 aliphatic heterocycles. The summed E-state index contributed by atoms with van der Waals surface area (Å²) in [7, 11) is 7.04. The predicted molar refractivity (Wildman–Crippen MR) is 97.9 cm³/mol. The van der Waals surface area contributed by atoms with Gasteiger partial charge in [-0.1, -0.05) is 114 Å². The first-order chi connectivity index (χ1) is 9.91. The molecule has 0 saturated carbocycles. The lowest BCUT2D eigenvalue weighted by atomic mass is 10.0. The largest absolute Gasteiger partial charge is 0.0654 e. The van der Waals surface area contributed by atoms with Gasteiger partial charge in [-0.25, -0.2) is 0 Å². The van der Waals surface area contributed by atoms with E-state index in [9.17, 15) is 0 Å². The SMILES string of the molecule is CCCCCCCCCCCCCCCCCCSCl. The molecule has 0 spiro atoms. The molecule has 0 aromatic heterocycles. The molecule has 2 heteroatoms. The third kappa shape index (κ3) is 18.6. The molecule has 0 unspecified atom stereocenters. The van der Waals surface area contributed by atoms with Gasteiger partial charge >= 0.3 is 0 Å². The van der Waals surface area contributed by atoms with Crippen molar-refractivity contribution in [1.82, 2.24) is 0 Å². The summed E-state index contributed by atoms with van der Waals surface area (Å²) in [4.78, 5) is 0. The van der Waals surface area contributed by atoms with Crippen LogP contribution in [0.4, 0.5) is 0 Å². The predicted octanol–water partition coefficient (Wildman–Crippen LogP) is 8.13. The number of unbranched alkanes of at least 4 members (excludes halogenated alkanes) is 15. The van der Waals surface area contributed by atoms with Gasteiger partial charge in [0.15, 0.2) is 0 Å². The summed E-state index contributed by atoms with van der Waals surface area (Å²) in [6.45, 7) is 2.29. The van der Waals surface area contributed by atoms with Gasteiger partial charge < -0.3 is 0 Å². The van der Waals surface area contributed by atoms with Gasteiger partial charge in [0.1, 0.15) is 0 Å². The lowest BCUT2D eigenvalue weighted by molar-refractivity contribution is 0.532. The minimum absolute atomic E-state index is 1.12. The van der Waals surface area contributed by atoms with Gasteiger partial charge in [0.2, 0.25) is 0 Å². The van der Waals surface area contributed by atoms with Crippen molar-refractivity contribution >= 4 is 21.7 Å². The van der Waals surface area contributed by atoms with E-state index in [4.69, 9.17) is 10.7 Å². The highest BCUT2D eigenvalue weighted by Crippen LogP contribution is 2.15. The maximum absolute atomic E-state index is 5.58. The van der Waals surface area contributed by atoms with Crippen LogP contribution in [-0.2, 0) is 0 Å². The second-order valence-electron chi connectivity index (χ2n) is 6.12. The fourth-order valence-electron chi connectivity index (χ4n) is 2.70. The van der Waals surface area contributed by atoms with Gasteiger partial charge in [0.05, 0.1) is 0 Å². The highest BCUT2D eigenvalue weighted by atomic mass is 35.7. The van der Waals surface area contributed by atoms with E-state index < -0.39 is 0 Å². The van der Waals surface area contributed by atoms with Gasteiger partial charge in [-0.15, -0.1) is 0 Å². The molecule has 0 aromatic rings. The van der Waals surface area contributed by atoms with Crippen molar-refractivity contribution in [2.45, 2.75) is 110 Å². The average Bonchev–Trinajstić information content (AvgIpc) is 2.47. The third-order valence-electron chi connectivity index (χ3n) is 4.08. The smallest absolute Gasteiger partial charge is 0.00852 e. The van der Waals surface area contributed by atoms with Crippen LogP contribution < -0.4 is 0 Å². The third-order valence-corrected chi connectivity index (χ3v) is 4.98. The van der Waals surface area contributed by atoms with Gasteiger partial charge in [-0.3, -0.25) is 0 Å². The Bertz CT molecular complexity index is 143. The molecule has 0 aliphatic rings. The fraction of sp³-hybridized carbons (Fsp3) is 1.00. The molecule has 0 amide bonds. The molecule has 0 saturated heterocycles. The molecule has 0 rings (SSSR count). The molecule has 0 nitrogen and oxygen atoms in total. The van der Waals surface area contributed by atoms with E-state index in [0.717, 1.165) is 5.75 Å². The summed E-state index contributed by atoms with van der Waals surface area (Å²) in [6.07, 6.45) is 23.0. The Kier molecular flexibility index (Phi) is 20.3. The summed E-state index contributed by atoms with van der Waals surface area (Å²) in [5.41, 5.74) is 0. The minimum Gasteiger partial charge on any atom is -0.0654 e. The second kappa shape index (κ2) is 19.6. The first kappa shape index (κ1) is 20.6. The summed E-state index contributed by atoms with van der Waals surface area (Å²) in [6, 6.07) is 0. The zero-order chi connectivity index (χ0) is 14.7. The molecule has 20 heavy (non-hydrogen) atoms. The van der Waals surface area contributed by atoms with Crippen molar-refractivity contribution in [3.05, 3.63) is 0 Å². The highest BCUT2D eigenvalue weighted by molar-refractivity contribution is 8.21.